The molecule has 0 heterocycles. The summed E-state index contributed by atoms with van der Waals surface area (Å²) in [5, 5.41) is 0. The van der Waals surface area contributed by atoms with Crippen molar-refractivity contribution >= 4 is 19.8 Å². The van der Waals surface area contributed by atoms with Crippen molar-refractivity contribution in [2.45, 2.75) is 238 Å². The molecular formula is C49H92NO8P. The van der Waals surface area contributed by atoms with Crippen molar-refractivity contribution in [3.05, 3.63) is 36.5 Å². The van der Waals surface area contributed by atoms with Crippen LogP contribution in [0, 0.1) is 0 Å². The second kappa shape index (κ2) is 45.7. The average molecular weight is 854 g/mol. The van der Waals surface area contributed by atoms with Crippen molar-refractivity contribution in [2.75, 3.05) is 26.4 Å². The Morgan fingerprint density at radius 2 is 0.881 bits per heavy atom. The standard InChI is InChI=1S/C49H92NO8P/c1-3-5-7-9-11-13-15-17-19-21-22-23-24-26-28-30-32-34-36-38-40-42-49(52)58-47(46-57-59(53,54)56-44-43-50)45-55-48(51)41-39-37-35-33-31-29-27-25-20-18-16-14-12-10-8-6-4-2/h12,14,18,20,27,29,47H,3-11,13,15-17,19,21-26,28,30-46,50H2,1-2H3,(H,53,54)/t47-/m1/s1. The molecule has 0 saturated carbocycles. The van der Waals surface area contributed by atoms with Crippen molar-refractivity contribution in [3.63, 3.8) is 0 Å². The molecule has 0 radical (unpaired) electrons. The highest BCUT2D eigenvalue weighted by Crippen LogP contribution is 2.43. The first-order valence-corrected chi connectivity index (χ1v) is 26.0. The van der Waals surface area contributed by atoms with E-state index in [-0.39, 0.29) is 32.6 Å². The monoisotopic (exact) mass is 854 g/mol. The summed E-state index contributed by atoms with van der Waals surface area (Å²) in [5.74, 6) is -0.845. The van der Waals surface area contributed by atoms with Gasteiger partial charge in [0.1, 0.15) is 6.61 Å². The van der Waals surface area contributed by atoms with E-state index in [9.17, 15) is 19.0 Å². The topological polar surface area (TPSA) is 134 Å². The van der Waals surface area contributed by atoms with Crippen LogP contribution in [0.2, 0.25) is 0 Å². The molecule has 0 aliphatic carbocycles. The number of carbonyl (C=O) groups is 2. The molecule has 59 heavy (non-hydrogen) atoms. The Kier molecular flexibility index (Phi) is 44.4. The molecule has 346 valence electrons. The number of hydrogen-bond acceptors (Lipinski definition) is 8. The van der Waals surface area contributed by atoms with Crippen LogP contribution in [0.5, 0.6) is 0 Å². The first-order chi connectivity index (χ1) is 28.8. The minimum atomic E-state index is -4.38. The first kappa shape index (κ1) is 57.2. The van der Waals surface area contributed by atoms with Gasteiger partial charge in [0.25, 0.3) is 0 Å². The third-order valence-corrected chi connectivity index (χ3v) is 11.5. The number of nitrogens with two attached hydrogens (primary N) is 1. The summed E-state index contributed by atoms with van der Waals surface area (Å²) < 4.78 is 32.9. The van der Waals surface area contributed by atoms with Gasteiger partial charge in [0, 0.05) is 19.4 Å². The van der Waals surface area contributed by atoms with Crippen molar-refractivity contribution in [3.8, 4) is 0 Å². The lowest BCUT2D eigenvalue weighted by atomic mass is 10.0. The number of ether oxygens (including phenoxy) is 2. The molecule has 0 aromatic rings. The fourth-order valence-electron chi connectivity index (χ4n) is 6.88. The molecule has 0 aromatic carbocycles. The summed E-state index contributed by atoms with van der Waals surface area (Å²) >= 11 is 0. The van der Waals surface area contributed by atoms with Gasteiger partial charge in [0.15, 0.2) is 6.10 Å². The highest BCUT2D eigenvalue weighted by molar-refractivity contribution is 7.47. The van der Waals surface area contributed by atoms with Crippen LogP contribution in [0.1, 0.15) is 232 Å². The minimum Gasteiger partial charge on any atom is -0.462 e. The van der Waals surface area contributed by atoms with Gasteiger partial charge in [-0.2, -0.15) is 0 Å². The Balaban J connectivity index is 4.08. The SMILES string of the molecule is CCCCCC=CCC=CCC=CCCCCCCC(=O)OC[C@H](COP(=O)(O)OCCN)OC(=O)CCCCCCCCCCCCCCCCCCCCCCC. The smallest absolute Gasteiger partial charge is 0.462 e. The molecule has 0 aromatic heterocycles. The van der Waals surface area contributed by atoms with Gasteiger partial charge in [0.05, 0.1) is 13.2 Å². The van der Waals surface area contributed by atoms with Crippen LogP contribution < -0.4 is 5.73 Å². The van der Waals surface area contributed by atoms with Gasteiger partial charge in [-0.05, 0) is 51.4 Å². The summed E-state index contributed by atoms with van der Waals surface area (Å²) in [6.07, 6.45) is 51.8. The molecule has 1 unspecified atom stereocenters. The Labute approximate surface area is 363 Å². The lowest BCUT2D eigenvalue weighted by Crippen LogP contribution is -2.29. The maximum Gasteiger partial charge on any atom is 0.472 e. The Morgan fingerprint density at radius 3 is 1.34 bits per heavy atom. The lowest BCUT2D eigenvalue weighted by Gasteiger charge is -2.19. The van der Waals surface area contributed by atoms with Crippen LogP contribution in [0.3, 0.4) is 0 Å². The van der Waals surface area contributed by atoms with Gasteiger partial charge in [0.2, 0.25) is 0 Å². The Hall–Kier alpha value is -1.77. The maximum atomic E-state index is 12.6. The van der Waals surface area contributed by atoms with E-state index in [1.54, 1.807) is 0 Å². The van der Waals surface area contributed by atoms with Crippen molar-refractivity contribution < 1.29 is 37.6 Å². The second-order valence-corrected chi connectivity index (χ2v) is 17.8. The molecule has 2 atom stereocenters. The molecule has 0 bridgehead atoms. The predicted octanol–water partition coefficient (Wildman–Crippen LogP) is 14.5. The maximum absolute atomic E-state index is 12.6. The van der Waals surface area contributed by atoms with Gasteiger partial charge in [-0.25, -0.2) is 4.57 Å². The molecular weight excluding hydrogens is 762 g/mol. The number of phosphoric acid groups is 1. The zero-order valence-corrected chi connectivity index (χ0v) is 39.1. The summed E-state index contributed by atoms with van der Waals surface area (Å²) in [4.78, 5) is 35.0. The molecule has 0 fully saturated rings. The number of allylic oxidation sites excluding steroid dienone is 6. The summed E-state index contributed by atoms with van der Waals surface area (Å²) in [7, 11) is -4.38. The van der Waals surface area contributed by atoms with Crippen molar-refractivity contribution in [2.24, 2.45) is 5.73 Å². The summed E-state index contributed by atoms with van der Waals surface area (Å²) in [6, 6.07) is 0. The van der Waals surface area contributed by atoms with E-state index in [0.29, 0.717) is 12.8 Å². The Bertz CT molecular complexity index is 1060. The normalized spacial score (nSPS) is 13.5. The van der Waals surface area contributed by atoms with E-state index in [1.807, 2.05) is 0 Å². The lowest BCUT2D eigenvalue weighted by molar-refractivity contribution is -0.161. The Morgan fingerprint density at radius 1 is 0.508 bits per heavy atom. The average Bonchev–Trinajstić information content (AvgIpc) is 3.22. The molecule has 0 aliphatic heterocycles. The largest absolute Gasteiger partial charge is 0.472 e. The van der Waals surface area contributed by atoms with Crippen LogP contribution in [0.4, 0.5) is 0 Å². The molecule has 0 saturated heterocycles. The number of phosphoric ester groups is 1. The van der Waals surface area contributed by atoms with E-state index in [0.717, 1.165) is 51.4 Å². The van der Waals surface area contributed by atoms with Crippen LogP contribution in [0.15, 0.2) is 36.5 Å². The van der Waals surface area contributed by atoms with E-state index in [1.165, 1.54) is 141 Å². The third kappa shape index (κ3) is 45.6. The van der Waals surface area contributed by atoms with Gasteiger partial charge in [-0.1, -0.05) is 204 Å². The molecule has 0 rings (SSSR count). The quantitative estimate of drug-likeness (QED) is 0.0265. The first-order valence-electron chi connectivity index (χ1n) is 24.5. The summed E-state index contributed by atoms with van der Waals surface area (Å²) in [5.41, 5.74) is 5.36. The number of rotatable bonds is 46. The van der Waals surface area contributed by atoms with Gasteiger partial charge < -0.3 is 20.1 Å². The van der Waals surface area contributed by atoms with Gasteiger partial charge in [-0.3, -0.25) is 18.6 Å². The predicted molar refractivity (Wildman–Crippen MR) is 247 cm³/mol. The number of unbranched alkanes of at least 4 members (excludes halogenated alkanes) is 27. The van der Waals surface area contributed by atoms with Gasteiger partial charge >= 0.3 is 19.8 Å². The molecule has 9 nitrogen and oxygen atoms in total. The van der Waals surface area contributed by atoms with Crippen molar-refractivity contribution in [1.82, 2.24) is 0 Å². The molecule has 0 amide bonds. The molecule has 0 aliphatic rings. The highest BCUT2D eigenvalue weighted by Gasteiger charge is 2.26. The van der Waals surface area contributed by atoms with Crippen LogP contribution in [-0.4, -0.2) is 49.3 Å². The number of esters is 2. The van der Waals surface area contributed by atoms with Crippen LogP contribution >= 0.6 is 7.82 Å². The van der Waals surface area contributed by atoms with E-state index < -0.39 is 32.5 Å². The minimum absolute atomic E-state index is 0.0509. The zero-order chi connectivity index (χ0) is 43.2. The van der Waals surface area contributed by atoms with Gasteiger partial charge in [-0.15, -0.1) is 0 Å². The number of carbonyl (C=O) groups excluding carboxylic acids is 2. The molecule has 0 spiro atoms. The fourth-order valence-corrected chi connectivity index (χ4v) is 7.64. The van der Waals surface area contributed by atoms with E-state index in [2.05, 4.69) is 50.3 Å². The molecule has 3 N–H and O–H groups in total. The second-order valence-electron chi connectivity index (χ2n) is 16.3. The summed E-state index contributed by atoms with van der Waals surface area (Å²) in [6.45, 7) is 3.71. The third-order valence-electron chi connectivity index (χ3n) is 10.5. The van der Waals surface area contributed by atoms with Crippen molar-refractivity contribution in [1.29, 1.82) is 0 Å². The van der Waals surface area contributed by atoms with Crippen LogP contribution in [-0.2, 0) is 32.7 Å². The highest BCUT2D eigenvalue weighted by atomic mass is 31.2. The number of hydrogen-bond donors (Lipinski definition) is 2. The fraction of sp³-hybridized carbons (Fsp3) is 0.837. The van der Waals surface area contributed by atoms with E-state index >= 15 is 0 Å². The molecule has 10 heteroatoms. The van der Waals surface area contributed by atoms with E-state index in [4.69, 9.17) is 24.3 Å². The zero-order valence-electron chi connectivity index (χ0n) is 38.2. The van der Waals surface area contributed by atoms with Crippen LogP contribution in [0.25, 0.3) is 0 Å².